The lowest BCUT2D eigenvalue weighted by Gasteiger charge is -2.14. The van der Waals surface area contributed by atoms with Gasteiger partial charge in [-0.05, 0) is 38.3 Å². The highest BCUT2D eigenvalue weighted by atomic mass is 16.1. The minimum atomic E-state index is -0.0562. The third kappa shape index (κ3) is 3.22. The summed E-state index contributed by atoms with van der Waals surface area (Å²) in [5, 5.41) is 3.02. The normalized spacial score (nSPS) is 16.6. The molecule has 1 atom stereocenters. The van der Waals surface area contributed by atoms with Gasteiger partial charge in [0, 0.05) is 11.7 Å². The fourth-order valence-electron chi connectivity index (χ4n) is 2.08. The molecule has 3 heteroatoms. The molecule has 92 valence electrons. The number of hydrogen-bond donors (Lipinski definition) is 2. The monoisotopic (exact) mass is 232 g/mol. The largest absolute Gasteiger partial charge is 0.398 e. The Morgan fingerprint density at radius 1 is 1.53 bits per heavy atom. The summed E-state index contributed by atoms with van der Waals surface area (Å²) in [6, 6.07) is 5.78. The molecule has 1 aliphatic carbocycles. The molecule has 0 spiro atoms. The summed E-state index contributed by atoms with van der Waals surface area (Å²) in [6.45, 7) is 4.02. The van der Waals surface area contributed by atoms with Gasteiger partial charge in [-0.25, -0.2) is 0 Å². The second-order valence-corrected chi connectivity index (χ2v) is 5.14. The van der Waals surface area contributed by atoms with E-state index >= 15 is 0 Å². The molecule has 0 bridgehead atoms. The molecule has 3 N–H and O–H groups in total. The van der Waals surface area contributed by atoms with Crippen molar-refractivity contribution in [3.63, 3.8) is 0 Å². The Morgan fingerprint density at radius 3 is 2.88 bits per heavy atom. The highest BCUT2D eigenvalue weighted by Gasteiger charge is 2.24. The van der Waals surface area contributed by atoms with Crippen molar-refractivity contribution in [3.8, 4) is 0 Å². The van der Waals surface area contributed by atoms with Crippen LogP contribution in [0.5, 0.6) is 0 Å². The predicted octanol–water partition coefficient (Wildman–Crippen LogP) is 2.50. The Labute approximate surface area is 102 Å². The Bertz CT molecular complexity index is 424. The highest BCUT2D eigenvalue weighted by Crippen LogP contribution is 2.33. The van der Waals surface area contributed by atoms with Crippen LogP contribution in [0.25, 0.3) is 0 Å². The van der Waals surface area contributed by atoms with Gasteiger partial charge in [-0.3, -0.25) is 4.79 Å². The van der Waals surface area contributed by atoms with E-state index in [4.69, 9.17) is 5.73 Å². The average Bonchev–Trinajstić information content (AvgIpc) is 3.05. The standard InChI is InChI=1S/C14H20N2O/c1-9-3-6-13(15)12(7-9)14(17)16-10(2)8-11-4-5-11/h3,6-7,10-11H,4-5,8,15H2,1-2H3,(H,16,17). The summed E-state index contributed by atoms with van der Waals surface area (Å²) in [7, 11) is 0. The van der Waals surface area contributed by atoms with E-state index in [1.54, 1.807) is 6.07 Å². The minimum absolute atomic E-state index is 0.0562. The molecule has 0 saturated heterocycles. The summed E-state index contributed by atoms with van der Waals surface area (Å²) in [5.41, 5.74) is 8.01. The van der Waals surface area contributed by atoms with Gasteiger partial charge in [0.15, 0.2) is 0 Å². The van der Waals surface area contributed by atoms with E-state index in [1.807, 2.05) is 19.1 Å². The molecular weight excluding hydrogens is 212 g/mol. The first-order chi connectivity index (χ1) is 8.06. The van der Waals surface area contributed by atoms with E-state index < -0.39 is 0 Å². The summed E-state index contributed by atoms with van der Waals surface area (Å²) >= 11 is 0. The zero-order chi connectivity index (χ0) is 12.4. The van der Waals surface area contributed by atoms with Crippen LogP contribution in [0.3, 0.4) is 0 Å². The maximum absolute atomic E-state index is 12.0. The lowest BCUT2D eigenvalue weighted by molar-refractivity contribution is 0.0938. The Hall–Kier alpha value is -1.51. The number of nitrogens with one attached hydrogen (secondary N) is 1. The molecule has 0 aliphatic heterocycles. The van der Waals surface area contributed by atoms with Crippen LogP contribution < -0.4 is 11.1 Å². The lowest BCUT2D eigenvalue weighted by atomic mass is 10.1. The van der Waals surface area contributed by atoms with Crippen molar-refractivity contribution in [2.45, 2.75) is 39.2 Å². The molecule has 1 aromatic carbocycles. The first kappa shape index (κ1) is 12.0. The fourth-order valence-corrected chi connectivity index (χ4v) is 2.08. The van der Waals surface area contributed by atoms with Gasteiger partial charge in [0.2, 0.25) is 0 Å². The van der Waals surface area contributed by atoms with Crippen molar-refractivity contribution in [2.24, 2.45) is 5.92 Å². The SMILES string of the molecule is Cc1ccc(N)c(C(=O)NC(C)CC2CC2)c1. The van der Waals surface area contributed by atoms with Crippen LogP contribution in [0.2, 0.25) is 0 Å². The zero-order valence-corrected chi connectivity index (χ0v) is 10.5. The van der Waals surface area contributed by atoms with Gasteiger partial charge in [-0.1, -0.05) is 24.5 Å². The number of aryl methyl sites for hydroxylation is 1. The number of carbonyl (C=O) groups excluding carboxylic acids is 1. The lowest BCUT2D eigenvalue weighted by Crippen LogP contribution is -2.33. The number of rotatable bonds is 4. The maximum atomic E-state index is 12.0. The predicted molar refractivity (Wildman–Crippen MR) is 69.9 cm³/mol. The topological polar surface area (TPSA) is 55.1 Å². The van der Waals surface area contributed by atoms with Crippen LogP contribution in [0, 0.1) is 12.8 Å². The Balaban J connectivity index is 2.00. The summed E-state index contributed by atoms with van der Waals surface area (Å²) in [5.74, 6) is 0.763. The van der Waals surface area contributed by atoms with Crippen molar-refractivity contribution < 1.29 is 4.79 Å². The molecule has 0 heterocycles. The van der Waals surface area contributed by atoms with Gasteiger partial charge in [0.05, 0.1) is 5.56 Å². The molecule has 1 amide bonds. The van der Waals surface area contributed by atoms with Crippen molar-refractivity contribution in [2.75, 3.05) is 5.73 Å². The first-order valence-electron chi connectivity index (χ1n) is 6.23. The molecule has 3 nitrogen and oxygen atoms in total. The van der Waals surface area contributed by atoms with Gasteiger partial charge >= 0.3 is 0 Å². The van der Waals surface area contributed by atoms with Crippen LogP contribution in [-0.4, -0.2) is 11.9 Å². The zero-order valence-electron chi connectivity index (χ0n) is 10.5. The smallest absolute Gasteiger partial charge is 0.253 e. The quantitative estimate of drug-likeness (QED) is 0.784. The number of amides is 1. The van der Waals surface area contributed by atoms with Gasteiger partial charge in [0.25, 0.3) is 5.91 Å². The molecule has 17 heavy (non-hydrogen) atoms. The number of benzene rings is 1. The van der Waals surface area contributed by atoms with Crippen LogP contribution >= 0.6 is 0 Å². The van der Waals surface area contributed by atoms with Crippen LogP contribution in [0.4, 0.5) is 5.69 Å². The molecular formula is C14H20N2O. The van der Waals surface area contributed by atoms with E-state index in [9.17, 15) is 4.79 Å². The molecule has 0 radical (unpaired) electrons. The third-order valence-electron chi connectivity index (χ3n) is 3.21. The maximum Gasteiger partial charge on any atom is 0.253 e. The number of nitrogen functional groups attached to an aromatic ring is 1. The van der Waals surface area contributed by atoms with Crippen molar-refractivity contribution in [1.29, 1.82) is 0 Å². The highest BCUT2D eigenvalue weighted by molar-refractivity contribution is 5.99. The molecule has 1 fully saturated rings. The molecule has 1 unspecified atom stereocenters. The van der Waals surface area contributed by atoms with Crippen molar-refractivity contribution >= 4 is 11.6 Å². The van der Waals surface area contributed by atoms with Crippen LogP contribution in [0.15, 0.2) is 18.2 Å². The number of carbonyl (C=O) groups is 1. The molecule has 1 aromatic rings. The Morgan fingerprint density at radius 2 is 2.24 bits per heavy atom. The summed E-state index contributed by atoms with van der Waals surface area (Å²) in [6.07, 6.45) is 3.71. The molecule has 0 aromatic heterocycles. The summed E-state index contributed by atoms with van der Waals surface area (Å²) in [4.78, 5) is 12.0. The number of hydrogen-bond acceptors (Lipinski definition) is 2. The molecule has 2 rings (SSSR count). The van der Waals surface area contributed by atoms with Gasteiger partial charge in [-0.15, -0.1) is 0 Å². The van der Waals surface area contributed by atoms with E-state index in [1.165, 1.54) is 12.8 Å². The molecule has 1 aliphatic rings. The summed E-state index contributed by atoms with van der Waals surface area (Å²) < 4.78 is 0. The number of anilines is 1. The van der Waals surface area contributed by atoms with E-state index in [0.717, 1.165) is 17.9 Å². The fraction of sp³-hybridized carbons (Fsp3) is 0.500. The number of nitrogens with two attached hydrogens (primary N) is 1. The molecule has 1 saturated carbocycles. The second-order valence-electron chi connectivity index (χ2n) is 5.14. The van der Waals surface area contributed by atoms with E-state index in [0.29, 0.717) is 11.3 Å². The first-order valence-corrected chi connectivity index (χ1v) is 6.23. The van der Waals surface area contributed by atoms with Crippen LogP contribution in [-0.2, 0) is 0 Å². The minimum Gasteiger partial charge on any atom is -0.398 e. The van der Waals surface area contributed by atoms with E-state index in [-0.39, 0.29) is 11.9 Å². The van der Waals surface area contributed by atoms with Crippen LogP contribution in [0.1, 0.15) is 42.1 Å². The van der Waals surface area contributed by atoms with E-state index in [2.05, 4.69) is 12.2 Å². The third-order valence-corrected chi connectivity index (χ3v) is 3.21. The second kappa shape index (κ2) is 4.78. The Kier molecular flexibility index (Phi) is 3.36. The van der Waals surface area contributed by atoms with Gasteiger partial charge in [-0.2, -0.15) is 0 Å². The van der Waals surface area contributed by atoms with Gasteiger partial charge in [0.1, 0.15) is 0 Å². The van der Waals surface area contributed by atoms with Gasteiger partial charge < -0.3 is 11.1 Å². The van der Waals surface area contributed by atoms with Crippen molar-refractivity contribution in [3.05, 3.63) is 29.3 Å². The average molecular weight is 232 g/mol. The van der Waals surface area contributed by atoms with Crippen molar-refractivity contribution in [1.82, 2.24) is 5.32 Å².